The van der Waals surface area contributed by atoms with Crippen molar-refractivity contribution in [1.82, 2.24) is 0 Å². The second-order valence-electron chi connectivity index (χ2n) is 4.77. The summed E-state index contributed by atoms with van der Waals surface area (Å²) >= 11 is 6.16. The van der Waals surface area contributed by atoms with Gasteiger partial charge < -0.3 is 15.7 Å². The third-order valence-corrected chi connectivity index (χ3v) is 3.57. The maximum atomic E-state index is 12.1. The van der Waals surface area contributed by atoms with Gasteiger partial charge >= 0.3 is 6.03 Å². The van der Waals surface area contributed by atoms with Gasteiger partial charge in [0.2, 0.25) is 0 Å². The van der Waals surface area contributed by atoms with E-state index in [9.17, 15) is 9.90 Å². The number of fused-ring (bicyclic) bond motifs is 1. The first kappa shape index (κ1) is 14.2. The molecule has 3 aromatic carbocycles. The van der Waals surface area contributed by atoms with Crippen molar-refractivity contribution in [1.29, 1.82) is 0 Å². The molecule has 0 bridgehead atoms. The van der Waals surface area contributed by atoms with E-state index in [2.05, 4.69) is 10.6 Å². The maximum Gasteiger partial charge on any atom is 0.323 e. The van der Waals surface area contributed by atoms with E-state index in [-0.39, 0.29) is 11.8 Å². The van der Waals surface area contributed by atoms with Gasteiger partial charge in [0.15, 0.2) is 0 Å². The molecule has 4 nitrogen and oxygen atoms in total. The van der Waals surface area contributed by atoms with Gasteiger partial charge in [0.25, 0.3) is 0 Å². The van der Waals surface area contributed by atoms with Crippen LogP contribution < -0.4 is 10.6 Å². The predicted octanol–water partition coefficient (Wildman–Crippen LogP) is 4.84. The minimum atomic E-state index is -0.363. The van der Waals surface area contributed by atoms with E-state index >= 15 is 0 Å². The molecule has 0 spiro atoms. The lowest BCUT2D eigenvalue weighted by Gasteiger charge is -2.11. The summed E-state index contributed by atoms with van der Waals surface area (Å²) in [5, 5.41) is 17.1. The quantitative estimate of drug-likeness (QED) is 0.593. The molecule has 3 N–H and O–H groups in total. The molecule has 5 heteroatoms. The van der Waals surface area contributed by atoms with Crippen LogP contribution in [0.2, 0.25) is 5.02 Å². The van der Waals surface area contributed by atoms with Gasteiger partial charge in [0, 0.05) is 21.5 Å². The molecule has 110 valence electrons. The Morgan fingerprint density at radius 2 is 1.55 bits per heavy atom. The van der Waals surface area contributed by atoms with Gasteiger partial charge in [-0.3, -0.25) is 0 Å². The van der Waals surface area contributed by atoms with E-state index in [1.54, 1.807) is 24.3 Å². The lowest BCUT2D eigenvalue weighted by molar-refractivity contribution is 0.262. The number of rotatable bonds is 2. The van der Waals surface area contributed by atoms with Crippen molar-refractivity contribution >= 4 is 39.8 Å². The molecule has 0 radical (unpaired) electrons. The molecule has 0 aromatic heterocycles. The van der Waals surface area contributed by atoms with Crippen molar-refractivity contribution in [3.05, 3.63) is 65.7 Å². The maximum absolute atomic E-state index is 12.1. The standard InChI is InChI=1S/C17H13ClN2O2/c18-15-9-10-16(14-4-2-1-3-13(14)15)20-17(22)19-11-5-7-12(21)8-6-11/h1-10,21H,(H2,19,20,22). The monoisotopic (exact) mass is 312 g/mol. The first-order chi connectivity index (χ1) is 10.6. The van der Waals surface area contributed by atoms with Crippen LogP contribution in [0, 0.1) is 0 Å². The van der Waals surface area contributed by atoms with Crippen molar-refractivity contribution in [2.45, 2.75) is 0 Å². The lowest BCUT2D eigenvalue weighted by Crippen LogP contribution is -2.19. The summed E-state index contributed by atoms with van der Waals surface area (Å²) in [4.78, 5) is 12.1. The fraction of sp³-hybridized carbons (Fsp3) is 0. The largest absolute Gasteiger partial charge is 0.508 e. The van der Waals surface area contributed by atoms with Crippen LogP contribution in [0.1, 0.15) is 0 Å². The van der Waals surface area contributed by atoms with E-state index in [1.165, 1.54) is 12.1 Å². The van der Waals surface area contributed by atoms with Gasteiger partial charge in [0.05, 0.1) is 5.69 Å². The molecule has 0 unspecified atom stereocenters. The normalized spacial score (nSPS) is 10.4. The molecule has 22 heavy (non-hydrogen) atoms. The number of aromatic hydroxyl groups is 1. The third-order valence-electron chi connectivity index (χ3n) is 3.24. The van der Waals surface area contributed by atoms with Crippen molar-refractivity contribution in [2.75, 3.05) is 10.6 Å². The Kier molecular flexibility index (Phi) is 3.85. The molecule has 0 saturated heterocycles. The number of carbonyl (C=O) groups is 1. The highest BCUT2D eigenvalue weighted by Crippen LogP contribution is 2.29. The Bertz CT molecular complexity index is 832. The Hall–Kier alpha value is -2.72. The number of nitrogens with one attached hydrogen (secondary N) is 2. The predicted molar refractivity (Wildman–Crippen MR) is 89.7 cm³/mol. The van der Waals surface area contributed by atoms with Crippen LogP contribution in [-0.2, 0) is 0 Å². The van der Waals surface area contributed by atoms with Gasteiger partial charge in [-0.2, -0.15) is 0 Å². The van der Waals surface area contributed by atoms with Crippen LogP contribution >= 0.6 is 11.6 Å². The fourth-order valence-corrected chi connectivity index (χ4v) is 2.43. The number of benzene rings is 3. The minimum Gasteiger partial charge on any atom is -0.508 e. The summed E-state index contributed by atoms with van der Waals surface area (Å²) in [6.45, 7) is 0. The van der Waals surface area contributed by atoms with Crippen LogP contribution in [0.4, 0.5) is 16.2 Å². The topological polar surface area (TPSA) is 61.4 Å². The minimum absolute atomic E-state index is 0.148. The average Bonchev–Trinajstić information content (AvgIpc) is 2.53. The number of anilines is 2. The van der Waals surface area contributed by atoms with E-state index < -0.39 is 0 Å². The zero-order chi connectivity index (χ0) is 15.5. The first-order valence-electron chi connectivity index (χ1n) is 6.68. The van der Waals surface area contributed by atoms with Crippen molar-refractivity contribution in [3.8, 4) is 5.75 Å². The second-order valence-corrected chi connectivity index (χ2v) is 5.17. The number of amides is 2. The molecule has 2 amide bonds. The van der Waals surface area contributed by atoms with Gasteiger partial charge in [-0.15, -0.1) is 0 Å². The van der Waals surface area contributed by atoms with Gasteiger partial charge in [-0.05, 0) is 36.4 Å². The number of carbonyl (C=O) groups excluding carboxylic acids is 1. The Morgan fingerprint density at radius 3 is 2.27 bits per heavy atom. The fourth-order valence-electron chi connectivity index (χ4n) is 2.20. The molecule has 0 aliphatic rings. The molecular formula is C17H13ClN2O2. The molecule has 0 aliphatic heterocycles. The summed E-state index contributed by atoms with van der Waals surface area (Å²) in [7, 11) is 0. The Labute approximate surface area is 132 Å². The highest BCUT2D eigenvalue weighted by Gasteiger charge is 2.08. The van der Waals surface area contributed by atoms with E-state index in [0.717, 1.165) is 10.8 Å². The second kappa shape index (κ2) is 5.95. The summed E-state index contributed by atoms with van der Waals surface area (Å²) in [5.41, 5.74) is 1.27. The molecule has 0 heterocycles. The molecule has 3 rings (SSSR count). The third kappa shape index (κ3) is 2.97. The van der Waals surface area contributed by atoms with Gasteiger partial charge in [0.1, 0.15) is 5.75 Å². The number of hydrogen-bond acceptors (Lipinski definition) is 2. The molecule has 0 aliphatic carbocycles. The number of phenolic OH excluding ortho intramolecular Hbond substituents is 1. The summed E-state index contributed by atoms with van der Waals surface area (Å²) in [6, 6.07) is 17.0. The zero-order valence-electron chi connectivity index (χ0n) is 11.5. The molecule has 0 atom stereocenters. The average molecular weight is 313 g/mol. The summed E-state index contributed by atoms with van der Waals surface area (Å²) < 4.78 is 0. The van der Waals surface area contributed by atoms with Crippen molar-refractivity contribution < 1.29 is 9.90 Å². The molecule has 3 aromatic rings. The van der Waals surface area contributed by atoms with E-state index in [4.69, 9.17) is 11.6 Å². The number of urea groups is 1. The smallest absolute Gasteiger partial charge is 0.323 e. The Balaban J connectivity index is 1.82. The van der Waals surface area contributed by atoms with E-state index in [1.807, 2.05) is 24.3 Å². The van der Waals surface area contributed by atoms with Crippen LogP contribution in [0.5, 0.6) is 5.75 Å². The van der Waals surface area contributed by atoms with Crippen LogP contribution in [-0.4, -0.2) is 11.1 Å². The molecular weight excluding hydrogens is 300 g/mol. The van der Waals surface area contributed by atoms with E-state index in [0.29, 0.717) is 16.4 Å². The zero-order valence-corrected chi connectivity index (χ0v) is 12.3. The summed E-state index contributed by atoms with van der Waals surface area (Å²) in [5.74, 6) is 0.148. The van der Waals surface area contributed by atoms with Gasteiger partial charge in [-0.25, -0.2) is 4.79 Å². The number of phenols is 1. The lowest BCUT2D eigenvalue weighted by atomic mass is 10.1. The number of hydrogen-bond donors (Lipinski definition) is 3. The van der Waals surface area contributed by atoms with Crippen LogP contribution in [0.3, 0.4) is 0 Å². The Morgan fingerprint density at radius 1 is 0.864 bits per heavy atom. The molecule has 0 saturated carbocycles. The van der Waals surface area contributed by atoms with Crippen LogP contribution in [0.25, 0.3) is 10.8 Å². The SMILES string of the molecule is O=C(Nc1ccc(O)cc1)Nc1ccc(Cl)c2ccccc12. The number of halogens is 1. The first-order valence-corrected chi connectivity index (χ1v) is 7.05. The molecule has 0 fully saturated rings. The van der Waals surface area contributed by atoms with Gasteiger partial charge in [-0.1, -0.05) is 35.9 Å². The van der Waals surface area contributed by atoms with Crippen molar-refractivity contribution in [2.24, 2.45) is 0 Å². The van der Waals surface area contributed by atoms with Crippen LogP contribution in [0.15, 0.2) is 60.7 Å². The van der Waals surface area contributed by atoms with Crippen molar-refractivity contribution in [3.63, 3.8) is 0 Å². The highest BCUT2D eigenvalue weighted by molar-refractivity contribution is 6.36. The highest BCUT2D eigenvalue weighted by atomic mass is 35.5. The summed E-state index contributed by atoms with van der Waals surface area (Å²) in [6.07, 6.45) is 0.